The summed E-state index contributed by atoms with van der Waals surface area (Å²) in [6, 6.07) is 20.6. The number of hydrogen-bond acceptors (Lipinski definition) is 5. The van der Waals surface area contributed by atoms with E-state index in [2.05, 4.69) is 10.5 Å². The van der Waals surface area contributed by atoms with Crippen LogP contribution in [0.5, 0.6) is 11.5 Å². The molecule has 3 aromatic carbocycles. The van der Waals surface area contributed by atoms with Crippen molar-refractivity contribution in [1.82, 2.24) is 5.43 Å². The van der Waals surface area contributed by atoms with Gasteiger partial charge in [-0.05, 0) is 72.6 Å². The minimum Gasteiger partial charge on any atom is -0.484 e. The van der Waals surface area contributed by atoms with E-state index in [0.29, 0.717) is 22.1 Å². The molecule has 0 fully saturated rings. The molecule has 0 spiro atoms. The van der Waals surface area contributed by atoms with Gasteiger partial charge in [-0.3, -0.25) is 4.79 Å². The third-order valence-electron chi connectivity index (χ3n) is 4.00. The summed E-state index contributed by atoms with van der Waals surface area (Å²) in [5.74, 6) is 0.140. The van der Waals surface area contributed by atoms with Gasteiger partial charge in [-0.25, -0.2) is 10.2 Å². The second-order valence-electron chi connectivity index (χ2n) is 6.32. The van der Waals surface area contributed by atoms with Crippen LogP contribution >= 0.6 is 11.6 Å². The maximum absolute atomic E-state index is 12.0. The number of nitrogens with zero attached hydrogens (tertiary/aromatic N) is 1. The number of hydrazone groups is 1. The molecule has 0 heterocycles. The normalized spacial score (nSPS) is 10.6. The third-order valence-corrected chi connectivity index (χ3v) is 4.43. The van der Waals surface area contributed by atoms with E-state index in [0.717, 1.165) is 11.1 Å². The van der Waals surface area contributed by atoms with Gasteiger partial charge >= 0.3 is 5.97 Å². The minimum atomic E-state index is -0.430. The number of benzene rings is 3. The zero-order valence-corrected chi connectivity index (χ0v) is 16.9. The van der Waals surface area contributed by atoms with E-state index in [1.54, 1.807) is 66.7 Å². The van der Waals surface area contributed by atoms with Gasteiger partial charge in [0.2, 0.25) is 0 Å². The number of rotatable bonds is 7. The number of ether oxygens (including phenoxy) is 2. The summed E-state index contributed by atoms with van der Waals surface area (Å²) < 4.78 is 10.7. The van der Waals surface area contributed by atoms with E-state index in [4.69, 9.17) is 21.1 Å². The van der Waals surface area contributed by atoms with Crippen LogP contribution in [-0.2, 0) is 4.79 Å². The summed E-state index contributed by atoms with van der Waals surface area (Å²) in [6.45, 7) is 1.68. The Kier molecular flexibility index (Phi) is 7.19. The number of carbonyl (C=O) groups excluding carboxylic acids is 2. The molecule has 6 nitrogen and oxygen atoms in total. The molecule has 30 heavy (non-hydrogen) atoms. The van der Waals surface area contributed by atoms with Crippen LogP contribution in [0.15, 0.2) is 77.9 Å². The molecular weight excluding hydrogens is 404 g/mol. The molecule has 0 aliphatic heterocycles. The minimum absolute atomic E-state index is 0.174. The van der Waals surface area contributed by atoms with E-state index in [9.17, 15) is 9.59 Å². The summed E-state index contributed by atoms with van der Waals surface area (Å²) in [5.41, 5.74) is 4.46. The largest absolute Gasteiger partial charge is 0.484 e. The molecule has 0 bridgehead atoms. The van der Waals surface area contributed by atoms with Crippen molar-refractivity contribution in [2.45, 2.75) is 6.92 Å². The van der Waals surface area contributed by atoms with Crippen LogP contribution < -0.4 is 14.9 Å². The molecule has 0 atom stereocenters. The first-order chi connectivity index (χ1) is 14.5. The first-order valence-corrected chi connectivity index (χ1v) is 9.47. The van der Waals surface area contributed by atoms with Gasteiger partial charge < -0.3 is 9.47 Å². The topological polar surface area (TPSA) is 77.0 Å². The highest BCUT2D eigenvalue weighted by molar-refractivity contribution is 6.31. The Morgan fingerprint density at radius 3 is 2.40 bits per heavy atom. The van der Waals surface area contributed by atoms with Gasteiger partial charge in [-0.1, -0.05) is 29.8 Å². The van der Waals surface area contributed by atoms with Crippen LogP contribution in [0.1, 0.15) is 21.5 Å². The quantitative estimate of drug-likeness (QED) is 0.265. The van der Waals surface area contributed by atoms with Crippen molar-refractivity contribution in [3.05, 3.63) is 94.5 Å². The number of halogens is 1. The number of esters is 1. The molecule has 0 saturated heterocycles. The lowest BCUT2D eigenvalue weighted by atomic mass is 10.2. The van der Waals surface area contributed by atoms with E-state index in [1.807, 2.05) is 13.0 Å². The lowest BCUT2D eigenvalue weighted by Crippen LogP contribution is -2.24. The number of hydrogen-bond donors (Lipinski definition) is 1. The Balaban J connectivity index is 1.46. The zero-order chi connectivity index (χ0) is 21.3. The van der Waals surface area contributed by atoms with Gasteiger partial charge in [0.25, 0.3) is 5.91 Å². The van der Waals surface area contributed by atoms with Crippen molar-refractivity contribution in [2.75, 3.05) is 6.61 Å². The molecule has 1 amide bonds. The molecular formula is C23H19ClN2O4. The van der Waals surface area contributed by atoms with Crippen molar-refractivity contribution in [2.24, 2.45) is 5.10 Å². The molecule has 0 radical (unpaired) electrons. The van der Waals surface area contributed by atoms with Gasteiger partial charge in [0.15, 0.2) is 6.61 Å². The fourth-order valence-corrected chi connectivity index (χ4v) is 2.55. The lowest BCUT2D eigenvalue weighted by molar-refractivity contribution is -0.123. The SMILES string of the molecule is Cc1cc(OCC(=O)N/N=C\c2ccc(OC(=O)c3ccccc3)cc2)ccc1Cl. The second kappa shape index (κ2) is 10.2. The Morgan fingerprint density at radius 1 is 1.00 bits per heavy atom. The standard InChI is InChI=1S/C23H19ClN2O4/c1-16-13-20(11-12-21(16)24)29-15-22(27)26-25-14-17-7-9-19(10-8-17)30-23(28)18-5-3-2-4-6-18/h2-14H,15H2,1H3,(H,26,27)/b25-14-. The van der Waals surface area contributed by atoms with Gasteiger partial charge in [0, 0.05) is 5.02 Å². The van der Waals surface area contributed by atoms with E-state index >= 15 is 0 Å². The maximum Gasteiger partial charge on any atom is 0.343 e. The van der Waals surface area contributed by atoms with Crippen molar-refractivity contribution < 1.29 is 19.1 Å². The Hall–Kier alpha value is -3.64. The average molecular weight is 423 g/mol. The summed E-state index contributed by atoms with van der Waals surface area (Å²) in [5, 5.41) is 4.53. The molecule has 1 N–H and O–H groups in total. The van der Waals surface area contributed by atoms with Gasteiger partial charge in [-0.15, -0.1) is 0 Å². The van der Waals surface area contributed by atoms with Gasteiger partial charge in [0.05, 0.1) is 11.8 Å². The van der Waals surface area contributed by atoms with Crippen molar-refractivity contribution in [3.63, 3.8) is 0 Å². The molecule has 7 heteroatoms. The molecule has 3 aromatic rings. The molecule has 0 saturated carbocycles. The lowest BCUT2D eigenvalue weighted by Gasteiger charge is -2.06. The highest BCUT2D eigenvalue weighted by atomic mass is 35.5. The first-order valence-electron chi connectivity index (χ1n) is 9.09. The van der Waals surface area contributed by atoms with Crippen molar-refractivity contribution in [1.29, 1.82) is 0 Å². The predicted octanol–water partition coefficient (Wildman–Crippen LogP) is 4.40. The zero-order valence-electron chi connectivity index (χ0n) is 16.2. The Labute approximate surface area is 179 Å². The van der Waals surface area contributed by atoms with Crippen molar-refractivity contribution >= 4 is 29.7 Å². The highest BCUT2D eigenvalue weighted by Crippen LogP contribution is 2.20. The van der Waals surface area contributed by atoms with Crippen molar-refractivity contribution in [3.8, 4) is 11.5 Å². The first kappa shape index (κ1) is 21.1. The van der Waals surface area contributed by atoms with Crippen LogP contribution in [0, 0.1) is 6.92 Å². The number of aryl methyl sites for hydroxylation is 1. The summed E-state index contributed by atoms with van der Waals surface area (Å²) >= 11 is 5.95. The summed E-state index contributed by atoms with van der Waals surface area (Å²) in [6.07, 6.45) is 1.48. The van der Waals surface area contributed by atoms with Crippen LogP contribution in [0.4, 0.5) is 0 Å². The molecule has 152 valence electrons. The smallest absolute Gasteiger partial charge is 0.343 e. The Bertz CT molecular complexity index is 1050. The van der Waals surface area contributed by atoms with Crippen LogP contribution in [0.2, 0.25) is 5.02 Å². The predicted molar refractivity (Wildman–Crippen MR) is 115 cm³/mol. The second-order valence-corrected chi connectivity index (χ2v) is 6.72. The molecule has 0 aromatic heterocycles. The highest BCUT2D eigenvalue weighted by Gasteiger charge is 2.07. The maximum atomic E-state index is 12.0. The third kappa shape index (κ3) is 6.18. The average Bonchev–Trinajstić information content (AvgIpc) is 2.76. The number of carbonyl (C=O) groups is 2. The van der Waals surface area contributed by atoms with Crippen LogP contribution in [0.3, 0.4) is 0 Å². The van der Waals surface area contributed by atoms with E-state index < -0.39 is 11.9 Å². The molecule has 3 rings (SSSR count). The molecule has 0 aliphatic carbocycles. The van der Waals surface area contributed by atoms with Crippen LogP contribution in [0.25, 0.3) is 0 Å². The monoisotopic (exact) mass is 422 g/mol. The fraction of sp³-hybridized carbons (Fsp3) is 0.0870. The van der Waals surface area contributed by atoms with Gasteiger partial charge in [-0.2, -0.15) is 5.10 Å². The summed E-state index contributed by atoms with van der Waals surface area (Å²) in [4.78, 5) is 23.9. The molecule has 0 unspecified atom stereocenters. The number of nitrogens with one attached hydrogen (secondary N) is 1. The van der Waals surface area contributed by atoms with Gasteiger partial charge in [0.1, 0.15) is 11.5 Å². The Morgan fingerprint density at radius 2 is 1.70 bits per heavy atom. The number of amides is 1. The molecule has 0 aliphatic rings. The fourth-order valence-electron chi connectivity index (χ4n) is 2.43. The summed E-state index contributed by atoms with van der Waals surface area (Å²) in [7, 11) is 0. The van der Waals surface area contributed by atoms with Crippen LogP contribution in [-0.4, -0.2) is 24.7 Å². The van der Waals surface area contributed by atoms with E-state index in [1.165, 1.54) is 6.21 Å². The van der Waals surface area contributed by atoms with E-state index in [-0.39, 0.29) is 6.61 Å².